The Bertz CT molecular complexity index is 378. The Morgan fingerprint density at radius 3 is 3.06 bits per heavy atom. The molecule has 1 aromatic carbocycles. The summed E-state index contributed by atoms with van der Waals surface area (Å²) >= 11 is 0. The van der Waals surface area contributed by atoms with Crippen molar-refractivity contribution in [2.45, 2.75) is 12.3 Å². The molecule has 0 spiro atoms. The second-order valence-electron chi connectivity index (χ2n) is 3.84. The van der Waals surface area contributed by atoms with Crippen molar-refractivity contribution >= 4 is 6.09 Å². The van der Waals surface area contributed by atoms with Crippen molar-refractivity contribution < 1.29 is 14.6 Å². The molecule has 4 heteroatoms. The number of nitrogens with one attached hydrogen (secondary N) is 1. The Hall–Kier alpha value is -1.55. The summed E-state index contributed by atoms with van der Waals surface area (Å²) in [6.45, 7) is 0.508. The lowest BCUT2D eigenvalue weighted by Gasteiger charge is -2.29. The first-order chi connectivity index (χ1) is 7.81. The topological polar surface area (TPSA) is 58.6 Å². The molecule has 0 saturated heterocycles. The highest BCUT2D eigenvalue weighted by Crippen LogP contribution is 2.33. The maximum Gasteiger partial charge on any atom is 0.407 e. The smallest absolute Gasteiger partial charge is 0.407 e. The molecule has 0 aliphatic heterocycles. The molecule has 86 valence electrons. The first-order valence-corrected chi connectivity index (χ1v) is 5.40. The van der Waals surface area contributed by atoms with Crippen LogP contribution in [0.5, 0.6) is 0 Å². The predicted molar refractivity (Wildman–Crippen MR) is 59.3 cm³/mol. The minimum Gasteiger partial charge on any atom is -0.447 e. The average Bonchev–Trinajstić information content (AvgIpc) is 2.27. The van der Waals surface area contributed by atoms with Crippen LogP contribution in [0.2, 0.25) is 0 Å². The van der Waals surface area contributed by atoms with Gasteiger partial charge in [-0.05, 0) is 17.5 Å². The fourth-order valence-electron chi connectivity index (χ4n) is 1.94. The first kappa shape index (κ1) is 11.0. The van der Waals surface area contributed by atoms with Crippen molar-refractivity contribution in [2.75, 3.05) is 19.8 Å². The Balaban J connectivity index is 1.75. The summed E-state index contributed by atoms with van der Waals surface area (Å²) in [5.41, 5.74) is 2.67. The molecule has 1 atom stereocenters. The number of hydrogen-bond acceptors (Lipinski definition) is 3. The number of carbonyl (C=O) groups is 1. The van der Waals surface area contributed by atoms with E-state index in [4.69, 9.17) is 9.84 Å². The largest absolute Gasteiger partial charge is 0.447 e. The van der Waals surface area contributed by atoms with Gasteiger partial charge in [0.1, 0.15) is 6.61 Å². The minimum atomic E-state index is -0.460. The van der Waals surface area contributed by atoms with E-state index in [2.05, 4.69) is 17.4 Å². The first-order valence-electron chi connectivity index (χ1n) is 5.40. The van der Waals surface area contributed by atoms with Crippen LogP contribution in [0.3, 0.4) is 0 Å². The molecule has 0 heterocycles. The van der Waals surface area contributed by atoms with E-state index in [0.29, 0.717) is 12.5 Å². The van der Waals surface area contributed by atoms with Gasteiger partial charge < -0.3 is 15.2 Å². The number of hydrogen-bond donors (Lipinski definition) is 2. The summed E-state index contributed by atoms with van der Waals surface area (Å²) in [6.07, 6.45) is 0.551. The van der Waals surface area contributed by atoms with Crippen molar-refractivity contribution in [3.05, 3.63) is 35.4 Å². The molecule has 0 fully saturated rings. The zero-order valence-electron chi connectivity index (χ0n) is 8.98. The molecule has 16 heavy (non-hydrogen) atoms. The van der Waals surface area contributed by atoms with Gasteiger partial charge in [0.2, 0.25) is 0 Å². The number of aliphatic hydroxyl groups is 1. The number of ether oxygens (including phenoxy) is 1. The van der Waals surface area contributed by atoms with Crippen LogP contribution in [-0.4, -0.2) is 31.0 Å². The Labute approximate surface area is 94.2 Å². The van der Waals surface area contributed by atoms with Gasteiger partial charge in [-0.1, -0.05) is 24.3 Å². The number of aliphatic hydroxyl groups excluding tert-OH is 1. The molecule has 1 unspecified atom stereocenters. The van der Waals surface area contributed by atoms with E-state index in [1.54, 1.807) is 0 Å². The SMILES string of the molecule is O=C(NCC1Cc2ccccc21)OCCO. The second-order valence-corrected chi connectivity index (χ2v) is 3.84. The van der Waals surface area contributed by atoms with Gasteiger partial charge in [-0.15, -0.1) is 0 Å². The summed E-state index contributed by atoms with van der Waals surface area (Å²) in [5.74, 6) is 0.401. The van der Waals surface area contributed by atoms with Gasteiger partial charge in [-0.25, -0.2) is 4.79 Å². The lowest BCUT2D eigenvalue weighted by Crippen LogP contribution is -2.33. The maximum absolute atomic E-state index is 11.1. The Kier molecular flexibility index (Phi) is 3.41. The van der Waals surface area contributed by atoms with Crippen molar-refractivity contribution in [3.8, 4) is 0 Å². The molecule has 1 amide bonds. The quantitative estimate of drug-likeness (QED) is 0.798. The third-order valence-electron chi connectivity index (χ3n) is 2.78. The lowest BCUT2D eigenvalue weighted by molar-refractivity contribution is 0.118. The number of alkyl carbamates (subject to hydrolysis) is 1. The molecule has 1 aromatic rings. The Morgan fingerprint density at radius 1 is 1.50 bits per heavy atom. The average molecular weight is 221 g/mol. The zero-order chi connectivity index (χ0) is 11.4. The van der Waals surface area contributed by atoms with Crippen molar-refractivity contribution in [1.29, 1.82) is 0 Å². The van der Waals surface area contributed by atoms with Crippen LogP contribution in [-0.2, 0) is 11.2 Å². The summed E-state index contributed by atoms with van der Waals surface area (Å²) < 4.78 is 4.70. The molecular weight excluding hydrogens is 206 g/mol. The molecule has 1 aliphatic rings. The van der Waals surface area contributed by atoms with Gasteiger partial charge in [-0.2, -0.15) is 0 Å². The molecule has 2 rings (SSSR count). The van der Waals surface area contributed by atoms with Crippen LogP contribution in [0.4, 0.5) is 4.79 Å². The number of carbonyl (C=O) groups excluding carboxylic acids is 1. The van der Waals surface area contributed by atoms with E-state index in [1.165, 1.54) is 11.1 Å². The lowest BCUT2D eigenvalue weighted by atomic mass is 9.78. The van der Waals surface area contributed by atoms with Gasteiger partial charge >= 0.3 is 6.09 Å². The van der Waals surface area contributed by atoms with E-state index in [9.17, 15) is 4.79 Å². The van der Waals surface area contributed by atoms with E-state index in [-0.39, 0.29) is 13.2 Å². The molecule has 0 bridgehead atoms. The monoisotopic (exact) mass is 221 g/mol. The van der Waals surface area contributed by atoms with Crippen LogP contribution in [0.1, 0.15) is 17.0 Å². The molecular formula is C12H15NO3. The third kappa shape index (κ3) is 2.33. The van der Waals surface area contributed by atoms with Crippen LogP contribution >= 0.6 is 0 Å². The number of benzene rings is 1. The second kappa shape index (κ2) is 4.99. The van der Waals surface area contributed by atoms with Crippen molar-refractivity contribution in [1.82, 2.24) is 5.32 Å². The fourth-order valence-corrected chi connectivity index (χ4v) is 1.94. The van der Waals surface area contributed by atoms with Gasteiger partial charge in [0, 0.05) is 12.5 Å². The van der Waals surface area contributed by atoms with Crippen LogP contribution in [0, 0.1) is 0 Å². The van der Waals surface area contributed by atoms with Crippen molar-refractivity contribution in [3.63, 3.8) is 0 Å². The molecule has 0 radical (unpaired) electrons. The molecule has 1 aliphatic carbocycles. The molecule has 2 N–H and O–H groups in total. The number of fused-ring (bicyclic) bond motifs is 1. The highest BCUT2D eigenvalue weighted by Gasteiger charge is 2.25. The zero-order valence-corrected chi connectivity index (χ0v) is 8.98. The van der Waals surface area contributed by atoms with Gasteiger partial charge in [-0.3, -0.25) is 0 Å². The van der Waals surface area contributed by atoms with Crippen LogP contribution < -0.4 is 5.32 Å². The fraction of sp³-hybridized carbons (Fsp3) is 0.417. The third-order valence-corrected chi connectivity index (χ3v) is 2.78. The Morgan fingerprint density at radius 2 is 2.31 bits per heavy atom. The van der Waals surface area contributed by atoms with E-state index in [1.807, 2.05) is 12.1 Å². The van der Waals surface area contributed by atoms with Gasteiger partial charge in [0.05, 0.1) is 6.61 Å². The highest BCUT2D eigenvalue weighted by atomic mass is 16.6. The van der Waals surface area contributed by atoms with E-state index in [0.717, 1.165) is 6.42 Å². The van der Waals surface area contributed by atoms with Gasteiger partial charge in [0.25, 0.3) is 0 Å². The summed E-state index contributed by atoms with van der Waals surface area (Å²) in [7, 11) is 0. The molecule has 4 nitrogen and oxygen atoms in total. The van der Waals surface area contributed by atoms with Crippen molar-refractivity contribution in [2.24, 2.45) is 0 Å². The molecule has 0 saturated carbocycles. The predicted octanol–water partition coefficient (Wildman–Crippen LogP) is 1.04. The summed E-state index contributed by atoms with van der Waals surface area (Å²) in [5, 5.41) is 11.2. The minimum absolute atomic E-state index is 0.0487. The number of rotatable bonds is 4. The highest BCUT2D eigenvalue weighted by molar-refractivity contribution is 5.67. The molecule has 0 aromatic heterocycles. The van der Waals surface area contributed by atoms with Crippen LogP contribution in [0.25, 0.3) is 0 Å². The van der Waals surface area contributed by atoms with E-state index < -0.39 is 6.09 Å². The number of amides is 1. The van der Waals surface area contributed by atoms with Crippen LogP contribution in [0.15, 0.2) is 24.3 Å². The van der Waals surface area contributed by atoms with Gasteiger partial charge in [0.15, 0.2) is 0 Å². The standard InChI is InChI=1S/C12H15NO3/c14-5-6-16-12(15)13-8-10-7-9-3-1-2-4-11(9)10/h1-4,10,14H,5-8H2,(H,13,15). The summed E-state index contributed by atoms with van der Waals surface area (Å²) in [6, 6.07) is 8.23. The summed E-state index contributed by atoms with van der Waals surface area (Å²) in [4.78, 5) is 11.1. The normalized spacial score (nSPS) is 17.2. The maximum atomic E-state index is 11.1. The van der Waals surface area contributed by atoms with E-state index >= 15 is 0 Å².